The number of benzene rings is 2. The number of rotatable bonds is 7. The number of alkyl halides is 3. The zero-order valence-corrected chi connectivity index (χ0v) is 15.6. The Morgan fingerprint density at radius 2 is 1.81 bits per heavy atom. The Morgan fingerprint density at radius 1 is 1.15 bits per heavy atom. The molecule has 26 heavy (non-hydrogen) atoms. The van der Waals surface area contributed by atoms with E-state index in [-0.39, 0.29) is 30.3 Å². The second kappa shape index (κ2) is 9.05. The minimum atomic E-state index is -4.77. The van der Waals surface area contributed by atoms with E-state index >= 15 is 0 Å². The second-order valence-corrected chi connectivity index (χ2v) is 6.65. The lowest BCUT2D eigenvalue weighted by atomic mass is 10.2. The number of halogens is 4. The first-order chi connectivity index (χ1) is 12.2. The van der Waals surface area contributed by atoms with Crippen LogP contribution in [-0.2, 0) is 17.9 Å². The van der Waals surface area contributed by atoms with Gasteiger partial charge in [0.25, 0.3) is 0 Å². The number of carbonyl (C=O) groups excluding carboxylic acids is 1. The zero-order chi connectivity index (χ0) is 19.2. The summed E-state index contributed by atoms with van der Waals surface area (Å²) in [5.74, 6) is -0.602. The molecule has 0 spiro atoms. The summed E-state index contributed by atoms with van der Waals surface area (Å²) in [5, 5.41) is 2.62. The molecule has 0 radical (unpaired) electrons. The smallest absolute Gasteiger partial charge is 0.405 e. The molecule has 4 nitrogen and oxygen atoms in total. The molecule has 0 saturated heterocycles. The number of amides is 1. The van der Waals surface area contributed by atoms with Crippen molar-refractivity contribution in [3.05, 3.63) is 64.1 Å². The van der Waals surface area contributed by atoms with Crippen molar-refractivity contribution in [3.63, 3.8) is 0 Å². The van der Waals surface area contributed by atoms with Crippen LogP contribution in [0.25, 0.3) is 0 Å². The maximum atomic E-state index is 12.4. The van der Waals surface area contributed by atoms with Gasteiger partial charge in [-0.15, -0.1) is 13.2 Å². The molecule has 0 aromatic heterocycles. The molecule has 0 atom stereocenters. The van der Waals surface area contributed by atoms with Crippen LogP contribution in [0.1, 0.15) is 11.1 Å². The van der Waals surface area contributed by atoms with Crippen molar-refractivity contribution in [1.82, 2.24) is 10.2 Å². The highest BCUT2D eigenvalue weighted by molar-refractivity contribution is 9.10. The molecule has 0 aliphatic heterocycles. The van der Waals surface area contributed by atoms with Crippen LogP contribution in [0.2, 0.25) is 0 Å². The van der Waals surface area contributed by atoms with Crippen molar-refractivity contribution in [2.24, 2.45) is 0 Å². The summed E-state index contributed by atoms with van der Waals surface area (Å²) in [5.41, 5.74) is 1.31. The third-order valence-corrected chi connectivity index (χ3v) is 3.98. The maximum absolute atomic E-state index is 12.4. The Labute approximate surface area is 158 Å². The number of hydrogen-bond acceptors (Lipinski definition) is 3. The molecule has 2 rings (SSSR count). The molecule has 1 N–H and O–H groups in total. The van der Waals surface area contributed by atoms with Gasteiger partial charge in [0.1, 0.15) is 5.75 Å². The summed E-state index contributed by atoms with van der Waals surface area (Å²) in [6.07, 6.45) is -4.77. The van der Waals surface area contributed by atoms with Gasteiger partial charge in [0.2, 0.25) is 5.91 Å². The van der Waals surface area contributed by atoms with Crippen LogP contribution in [0.5, 0.6) is 5.75 Å². The number of nitrogens with one attached hydrogen (secondary N) is 1. The number of hydrogen-bond donors (Lipinski definition) is 1. The maximum Gasteiger partial charge on any atom is 0.573 e. The van der Waals surface area contributed by atoms with Crippen LogP contribution < -0.4 is 10.1 Å². The lowest BCUT2D eigenvalue weighted by Crippen LogP contribution is -2.34. The normalized spacial score (nSPS) is 11.5. The van der Waals surface area contributed by atoms with Crippen molar-refractivity contribution in [1.29, 1.82) is 0 Å². The van der Waals surface area contributed by atoms with Crippen molar-refractivity contribution in [2.75, 3.05) is 13.6 Å². The Hall–Kier alpha value is -2.06. The molecule has 2 aromatic rings. The van der Waals surface area contributed by atoms with Gasteiger partial charge < -0.3 is 10.1 Å². The van der Waals surface area contributed by atoms with Crippen LogP contribution in [0.3, 0.4) is 0 Å². The monoisotopic (exact) mass is 430 g/mol. The van der Waals surface area contributed by atoms with Gasteiger partial charge in [-0.2, -0.15) is 0 Å². The molecule has 0 saturated carbocycles. The molecule has 0 unspecified atom stereocenters. The van der Waals surface area contributed by atoms with Gasteiger partial charge in [-0.3, -0.25) is 9.69 Å². The van der Waals surface area contributed by atoms with E-state index in [0.29, 0.717) is 6.54 Å². The number of likely N-dealkylation sites (N-methyl/N-ethyl adjacent to an activating group) is 1. The lowest BCUT2D eigenvalue weighted by molar-refractivity contribution is -0.274. The Bertz CT molecular complexity index is 736. The van der Waals surface area contributed by atoms with Gasteiger partial charge >= 0.3 is 6.36 Å². The van der Waals surface area contributed by atoms with E-state index in [2.05, 4.69) is 26.0 Å². The van der Waals surface area contributed by atoms with Crippen molar-refractivity contribution in [3.8, 4) is 5.75 Å². The molecule has 140 valence electrons. The van der Waals surface area contributed by atoms with Gasteiger partial charge in [-0.1, -0.05) is 46.3 Å². The fourth-order valence-electron chi connectivity index (χ4n) is 2.33. The van der Waals surface area contributed by atoms with Crippen LogP contribution in [0.15, 0.2) is 53.0 Å². The second-order valence-electron chi connectivity index (χ2n) is 5.73. The average Bonchev–Trinajstić information content (AvgIpc) is 2.55. The third kappa shape index (κ3) is 7.05. The summed E-state index contributed by atoms with van der Waals surface area (Å²) >= 11 is 3.36. The SMILES string of the molecule is CN(CC(=O)NCc1ccccc1OC(F)(F)F)Cc1ccc(Br)cc1. The quantitative estimate of drug-likeness (QED) is 0.718. The van der Waals surface area contributed by atoms with Crippen molar-refractivity contribution < 1.29 is 22.7 Å². The van der Waals surface area contributed by atoms with Crippen LogP contribution in [-0.4, -0.2) is 30.8 Å². The van der Waals surface area contributed by atoms with E-state index in [0.717, 1.165) is 10.0 Å². The van der Waals surface area contributed by atoms with Crippen LogP contribution in [0.4, 0.5) is 13.2 Å². The van der Waals surface area contributed by atoms with Crippen molar-refractivity contribution >= 4 is 21.8 Å². The summed E-state index contributed by atoms with van der Waals surface area (Å²) < 4.78 is 42.2. The minimum absolute atomic E-state index is 0.0444. The predicted molar refractivity (Wildman–Crippen MR) is 95.4 cm³/mol. The fourth-order valence-corrected chi connectivity index (χ4v) is 2.59. The van der Waals surface area contributed by atoms with Crippen LogP contribution >= 0.6 is 15.9 Å². The molecule has 0 aliphatic carbocycles. The topological polar surface area (TPSA) is 41.6 Å². The summed E-state index contributed by atoms with van der Waals surface area (Å²) in [7, 11) is 1.79. The molecular weight excluding hydrogens is 413 g/mol. The molecule has 0 bridgehead atoms. The Morgan fingerprint density at radius 3 is 2.46 bits per heavy atom. The number of carbonyl (C=O) groups is 1. The fraction of sp³-hybridized carbons (Fsp3) is 0.278. The van der Waals surface area contributed by atoms with E-state index in [9.17, 15) is 18.0 Å². The highest BCUT2D eigenvalue weighted by atomic mass is 79.9. The molecular formula is C18H18BrF3N2O2. The highest BCUT2D eigenvalue weighted by Gasteiger charge is 2.31. The minimum Gasteiger partial charge on any atom is -0.405 e. The van der Waals surface area contributed by atoms with E-state index in [1.807, 2.05) is 29.2 Å². The summed E-state index contributed by atoms with van der Waals surface area (Å²) in [6, 6.07) is 13.5. The molecule has 2 aromatic carbocycles. The Kier molecular flexibility index (Phi) is 7.05. The third-order valence-electron chi connectivity index (χ3n) is 3.45. The number of nitrogens with zero attached hydrogens (tertiary/aromatic N) is 1. The van der Waals surface area contributed by atoms with Crippen molar-refractivity contribution in [2.45, 2.75) is 19.5 Å². The summed E-state index contributed by atoms with van der Waals surface area (Å²) in [6.45, 7) is 0.657. The van der Waals surface area contributed by atoms with Gasteiger partial charge in [0.15, 0.2) is 0 Å². The first-order valence-electron chi connectivity index (χ1n) is 7.76. The van der Waals surface area contributed by atoms with E-state index < -0.39 is 6.36 Å². The predicted octanol–water partition coefficient (Wildman–Crippen LogP) is 4.10. The standard InChI is InChI=1S/C18H18BrF3N2O2/c1-24(11-13-6-8-15(19)9-7-13)12-17(25)23-10-14-4-2-3-5-16(14)26-18(20,21)22/h2-9H,10-12H2,1H3,(H,23,25). The van der Waals surface area contributed by atoms with E-state index in [1.165, 1.54) is 18.2 Å². The summed E-state index contributed by atoms with van der Waals surface area (Å²) in [4.78, 5) is 13.9. The molecule has 0 fully saturated rings. The molecule has 8 heteroatoms. The van der Waals surface area contributed by atoms with E-state index in [1.54, 1.807) is 13.1 Å². The first-order valence-corrected chi connectivity index (χ1v) is 8.55. The molecule has 1 amide bonds. The zero-order valence-electron chi connectivity index (χ0n) is 14.0. The van der Waals surface area contributed by atoms with Crippen LogP contribution in [0, 0.1) is 0 Å². The van der Waals surface area contributed by atoms with Gasteiger partial charge in [-0.25, -0.2) is 0 Å². The van der Waals surface area contributed by atoms with Gasteiger partial charge in [0, 0.05) is 23.1 Å². The van der Waals surface area contributed by atoms with E-state index in [4.69, 9.17) is 0 Å². The molecule has 0 heterocycles. The van der Waals surface area contributed by atoms with Gasteiger partial charge in [-0.05, 0) is 30.8 Å². The number of ether oxygens (including phenoxy) is 1. The number of para-hydroxylation sites is 1. The lowest BCUT2D eigenvalue weighted by Gasteiger charge is -2.17. The largest absolute Gasteiger partial charge is 0.573 e. The first kappa shape index (κ1) is 20.3. The average molecular weight is 431 g/mol. The highest BCUT2D eigenvalue weighted by Crippen LogP contribution is 2.26. The Balaban J connectivity index is 1.86. The van der Waals surface area contributed by atoms with Gasteiger partial charge in [0.05, 0.1) is 6.54 Å². The molecule has 0 aliphatic rings.